The molecule has 1 aliphatic rings. The highest BCUT2D eigenvalue weighted by Crippen LogP contribution is 2.28. The van der Waals surface area contributed by atoms with Crippen molar-refractivity contribution in [3.63, 3.8) is 0 Å². The van der Waals surface area contributed by atoms with Crippen molar-refractivity contribution in [1.82, 2.24) is 9.88 Å². The van der Waals surface area contributed by atoms with Crippen molar-refractivity contribution < 1.29 is 18.3 Å². The molecule has 8 heteroatoms. The van der Waals surface area contributed by atoms with Gasteiger partial charge in [-0.05, 0) is 24.5 Å². The second kappa shape index (κ2) is 5.27. The highest BCUT2D eigenvalue weighted by molar-refractivity contribution is 7.93. The predicted molar refractivity (Wildman–Crippen MR) is 79.4 cm³/mol. The van der Waals surface area contributed by atoms with Gasteiger partial charge in [-0.2, -0.15) is 0 Å². The number of fused-ring (bicyclic) bond motifs is 1. The molecule has 6 nitrogen and oxygen atoms in total. The molecule has 2 aromatic rings. The van der Waals surface area contributed by atoms with Crippen LogP contribution in [0.4, 0.5) is 4.79 Å². The van der Waals surface area contributed by atoms with E-state index in [1.165, 1.54) is 16.2 Å². The van der Waals surface area contributed by atoms with E-state index in [0.717, 1.165) is 4.70 Å². The van der Waals surface area contributed by atoms with Crippen molar-refractivity contribution in [3.05, 3.63) is 24.3 Å². The molecule has 2 heterocycles. The lowest BCUT2D eigenvalue weighted by molar-refractivity contribution is 0.154. The summed E-state index contributed by atoms with van der Waals surface area (Å²) < 4.78 is 25.8. The molecule has 1 aromatic carbocycles. The highest BCUT2D eigenvalue weighted by Gasteiger charge is 2.31. The Kier molecular flexibility index (Phi) is 3.58. The first kappa shape index (κ1) is 14.3. The minimum atomic E-state index is -3.47. The molecule has 1 N–H and O–H groups in total. The second-order valence-corrected chi connectivity index (χ2v) is 8.35. The fraction of sp³-hybridized carbons (Fsp3) is 0.385. The number of hydrogen-bond acceptors (Lipinski definition) is 5. The van der Waals surface area contributed by atoms with Gasteiger partial charge in [0.2, 0.25) is 14.2 Å². The number of carbonyl (C=O) groups is 1. The van der Waals surface area contributed by atoms with Gasteiger partial charge < -0.3 is 10.0 Å². The van der Waals surface area contributed by atoms with Gasteiger partial charge in [-0.3, -0.25) is 0 Å². The highest BCUT2D eigenvalue weighted by atomic mass is 32.2. The molecule has 0 spiro atoms. The number of thiazole rings is 1. The Morgan fingerprint density at radius 2 is 2.19 bits per heavy atom. The predicted octanol–water partition coefficient (Wildman–Crippen LogP) is 2.07. The average molecular weight is 326 g/mol. The fourth-order valence-electron chi connectivity index (χ4n) is 2.51. The number of carboxylic acid groups (broad SMARTS) is 1. The van der Waals surface area contributed by atoms with Crippen LogP contribution in [0.1, 0.15) is 6.42 Å². The number of para-hydroxylation sites is 1. The summed E-state index contributed by atoms with van der Waals surface area (Å²) in [7, 11) is -3.47. The molecular weight excluding hydrogens is 312 g/mol. The Morgan fingerprint density at radius 3 is 2.86 bits per heavy atom. The van der Waals surface area contributed by atoms with E-state index in [2.05, 4.69) is 4.98 Å². The summed E-state index contributed by atoms with van der Waals surface area (Å²) in [5.74, 6) is -0.200. The maximum Gasteiger partial charge on any atom is 0.407 e. The molecule has 0 radical (unpaired) electrons. The second-order valence-electron chi connectivity index (χ2n) is 5.11. The topological polar surface area (TPSA) is 87.6 Å². The number of nitrogens with zero attached hydrogens (tertiary/aromatic N) is 2. The smallest absolute Gasteiger partial charge is 0.407 e. The van der Waals surface area contributed by atoms with Crippen LogP contribution in [0.25, 0.3) is 10.2 Å². The summed E-state index contributed by atoms with van der Waals surface area (Å²) in [5.41, 5.74) is 0.680. The first-order valence-electron chi connectivity index (χ1n) is 6.52. The van der Waals surface area contributed by atoms with E-state index in [4.69, 9.17) is 5.11 Å². The number of sulfone groups is 1. The van der Waals surface area contributed by atoms with Gasteiger partial charge in [-0.15, -0.1) is 11.3 Å². The van der Waals surface area contributed by atoms with Gasteiger partial charge in [0.25, 0.3) is 0 Å². The van der Waals surface area contributed by atoms with E-state index in [9.17, 15) is 13.2 Å². The van der Waals surface area contributed by atoms with Crippen LogP contribution in [0.5, 0.6) is 0 Å². The van der Waals surface area contributed by atoms with Crippen LogP contribution in [0.2, 0.25) is 0 Å². The minimum Gasteiger partial charge on any atom is -0.465 e. The third kappa shape index (κ3) is 2.86. The number of benzene rings is 1. The van der Waals surface area contributed by atoms with E-state index in [0.29, 0.717) is 18.5 Å². The largest absolute Gasteiger partial charge is 0.465 e. The SMILES string of the molecule is O=C(O)N1CC[C@H](CS(=O)(=O)c2nc3ccccc3s2)C1. The molecule has 21 heavy (non-hydrogen) atoms. The standard InChI is InChI=1S/C13H14N2O4S2/c16-13(17)15-6-5-9(7-15)8-21(18,19)12-14-10-3-1-2-4-11(10)20-12/h1-4,9H,5-8H2,(H,16,17)/t9-/m0/s1. The van der Waals surface area contributed by atoms with E-state index >= 15 is 0 Å². The first-order chi connectivity index (χ1) is 9.95. The minimum absolute atomic E-state index is 0.0450. The zero-order valence-electron chi connectivity index (χ0n) is 11.1. The van der Waals surface area contributed by atoms with Crippen molar-refractivity contribution in [1.29, 1.82) is 0 Å². The summed E-state index contributed by atoms with van der Waals surface area (Å²) in [4.78, 5) is 16.3. The maximum atomic E-state index is 12.4. The summed E-state index contributed by atoms with van der Waals surface area (Å²) in [6, 6.07) is 7.29. The average Bonchev–Trinajstić information content (AvgIpc) is 3.04. The van der Waals surface area contributed by atoms with Gasteiger partial charge in [0, 0.05) is 13.1 Å². The lowest BCUT2D eigenvalue weighted by Gasteiger charge is -2.11. The molecule has 0 bridgehead atoms. The van der Waals surface area contributed by atoms with Crippen LogP contribution in [0.15, 0.2) is 28.6 Å². The van der Waals surface area contributed by atoms with Crippen molar-refractivity contribution in [2.75, 3.05) is 18.8 Å². The normalized spacial score (nSPS) is 19.2. The van der Waals surface area contributed by atoms with E-state index in [-0.39, 0.29) is 22.6 Å². The molecule has 1 atom stereocenters. The molecule has 1 fully saturated rings. The summed E-state index contributed by atoms with van der Waals surface area (Å²) >= 11 is 1.17. The Balaban J connectivity index is 1.79. The van der Waals surface area contributed by atoms with Gasteiger partial charge >= 0.3 is 6.09 Å². The number of aromatic nitrogens is 1. The van der Waals surface area contributed by atoms with Crippen LogP contribution in [0.3, 0.4) is 0 Å². The Hall–Kier alpha value is -1.67. The van der Waals surface area contributed by atoms with E-state index in [1.807, 2.05) is 18.2 Å². The Labute approximate surface area is 125 Å². The van der Waals surface area contributed by atoms with Crippen LogP contribution in [0, 0.1) is 5.92 Å². The molecule has 3 rings (SSSR count). The maximum absolute atomic E-state index is 12.4. The molecular formula is C13H14N2O4S2. The van der Waals surface area contributed by atoms with Gasteiger partial charge in [-0.25, -0.2) is 18.2 Å². The van der Waals surface area contributed by atoms with Crippen LogP contribution in [-0.2, 0) is 9.84 Å². The van der Waals surface area contributed by atoms with Gasteiger partial charge in [0.1, 0.15) is 0 Å². The van der Waals surface area contributed by atoms with Gasteiger partial charge in [0.15, 0.2) is 0 Å². The molecule has 1 amide bonds. The fourth-order valence-corrected chi connectivity index (χ4v) is 5.46. The van der Waals surface area contributed by atoms with Crippen molar-refractivity contribution in [2.24, 2.45) is 5.92 Å². The van der Waals surface area contributed by atoms with Crippen LogP contribution >= 0.6 is 11.3 Å². The van der Waals surface area contributed by atoms with Gasteiger partial charge in [-0.1, -0.05) is 12.1 Å². The summed E-state index contributed by atoms with van der Waals surface area (Å²) in [5, 5.41) is 8.91. The third-order valence-electron chi connectivity index (χ3n) is 3.55. The number of rotatable bonds is 3. The van der Waals surface area contributed by atoms with Crippen LogP contribution in [-0.4, -0.2) is 48.3 Å². The lowest BCUT2D eigenvalue weighted by Crippen LogP contribution is -2.28. The number of hydrogen-bond donors (Lipinski definition) is 1. The Morgan fingerprint density at radius 1 is 1.43 bits per heavy atom. The van der Waals surface area contributed by atoms with Crippen molar-refractivity contribution >= 4 is 37.5 Å². The van der Waals surface area contributed by atoms with E-state index < -0.39 is 15.9 Å². The molecule has 1 saturated heterocycles. The number of amides is 1. The monoisotopic (exact) mass is 326 g/mol. The zero-order valence-corrected chi connectivity index (χ0v) is 12.7. The quantitative estimate of drug-likeness (QED) is 0.933. The molecule has 0 unspecified atom stereocenters. The summed E-state index contributed by atoms with van der Waals surface area (Å²) in [6.07, 6.45) is -0.411. The number of likely N-dealkylation sites (tertiary alicyclic amines) is 1. The Bertz CT molecular complexity index is 751. The van der Waals surface area contributed by atoms with Crippen molar-refractivity contribution in [3.8, 4) is 0 Å². The third-order valence-corrected chi connectivity index (χ3v) is 6.93. The zero-order chi connectivity index (χ0) is 15.0. The lowest BCUT2D eigenvalue weighted by atomic mass is 10.2. The van der Waals surface area contributed by atoms with Gasteiger partial charge in [0.05, 0.1) is 16.0 Å². The molecule has 1 aromatic heterocycles. The molecule has 112 valence electrons. The van der Waals surface area contributed by atoms with Crippen molar-refractivity contribution in [2.45, 2.75) is 10.8 Å². The summed E-state index contributed by atoms with van der Waals surface area (Å²) in [6.45, 7) is 0.675. The molecule has 0 saturated carbocycles. The van der Waals surface area contributed by atoms with E-state index in [1.54, 1.807) is 6.07 Å². The molecule has 0 aliphatic carbocycles. The van der Waals surface area contributed by atoms with Crippen LogP contribution < -0.4 is 0 Å². The first-order valence-corrected chi connectivity index (χ1v) is 8.99. The molecule has 1 aliphatic heterocycles.